The largest absolute Gasteiger partial charge is 0.497 e. The Morgan fingerprint density at radius 1 is 1.33 bits per heavy atom. The molecule has 0 aliphatic rings. The normalized spacial score (nSPS) is 12.6. The molecule has 0 aliphatic heterocycles. The molecule has 0 radical (unpaired) electrons. The van der Waals surface area contributed by atoms with Gasteiger partial charge in [0.05, 0.1) is 7.11 Å². The second-order valence-electron chi connectivity index (χ2n) is 5.58. The van der Waals surface area contributed by atoms with Gasteiger partial charge in [0.2, 0.25) is 0 Å². The van der Waals surface area contributed by atoms with Crippen LogP contribution in [0.5, 0.6) is 5.75 Å². The molecule has 1 N–H and O–H groups in total. The molecule has 0 atom stereocenters. The quantitative estimate of drug-likeness (QED) is 0.797. The predicted octanol–water partition coefficient (Wildman–Crippen LogP) is 3.88. The Balaban J connectivity index is 2.55. The fourth-order valence-corrected chi connectivity index (χ4v) is 1.72. The van der Waals surface area contributed by atoms with Crippen LogP contribution in [0.25, 0.3) is 5.57 Å². The van der Waals surface area contributed by atoms with Gasteiger partial charge in [0, 0.05) is 5.54 Å². The van der Waals surface area contributed by atoms with Crippen molar-refractivity contribution in [1.29, 1.82) is 0 Å². The van der Waals surface area contributed by atoms with Crippen molar-refractivity contribution < 1.29 is 4.74 Å². The average molecular weight is 247 g/mol. The molecule has 0 heterocycles. The van der Waals surface area contributed by atoms with Crippen LogP contribution in [0.1, 0.15) is 39.7 Å². The predicted molar refractivity (Wildman–Crippen MR) is 79.0 cm³/mol. The zero-order chi connectivity index (χ0) is 13.6. The number of benzene rings is 1. The first-order valence-electron chi connectivity index (χ1n) is 6.48. The molecule has 1 aromatic rings. The van der Waals surface area contributed by atoms with Crippen LogP contribution in [0, 0.1) is 0 Å². The lowest BCUT2D eigenvalue weighted by Gasteiger charge is -2.19. The van der Waals surface area contributed by atoms with Crippen molar-refractivity contribution in [3.63, 3.8) is 0 Å². The third-order valence-corrected chi connectivity index (χ3v) is 2.78. The van der Waals surface area contributed by atoms with Gasteiger partial charge in [-0.05, 0) is 63.9 Å². The van der Waals surface area contributed by atoms with Crippen LogP contribution in [0.15, 0.2) is 30.3 Å². The van der Waals surface area contributed by atoms with Gasteiger partial charge in [-0.15, -0.1) is 0 Å². The van der Waals surface area contributed by atoms with Crippen molar-refractivity contribution in [3.05, 3.63) is 35.9 Å². The van der Waals surface area contributed by atoms with Gasteiger partial charge in [0.15, 0.2) is 0 Å². The van der Waals surface area contributed by atoms with Crippen molar-refractivity contribution in [1.82, 2.24) is 5.32 Å². The van der Waals surface area contributed by atoms with Gasteiger partial charge in [-0.25, -0.2) is 0 Å². The van der Waals surface area contributed by atoms with Gasteiger partial charge in [0.1, 0.15) is 5.75 Å². The summed E-state index contributed by atoms with van der Waals surface area (Å²) in [5.74, 6) is 0.910. The van der Waals surface area contributed by atoms with E-state index in [-0.39, 0.29) is 5.54 Å². The highest BCUT2D eigenvalue weighted by atomic mass is 16.5. The molecular formula is C16H25NO. The van der Waals surface area contributed by atoms with Gasteiger partial charge in [0.25, 0.3) is 0 Å². The number of hydrogen-bond acceptors (Lipinski definition) is 2. The Morgan fingerprint density at radius 3 is 2.67 bits per heavy atom. The summed E-state index contributed by atoms with van der Waals surface area (Å²) in [5.41, 5.74) is 2.72. The SMILES string of the molecule is COc1cccc(C(C)=CCCNC(C)(C)C)c1. The van der Waals surface area contributed by atoms with Gasteiger partial charge >= 0.3 is 0 Å². The molecule has 18 heavy (non-hydrogen) atoms. The summed E-state index contributed by atoms with van der Waals surface area (Å²) in [6.07, 6.45) is 3.31. The third kappa shape index (κ3) is 5.37. The van der Waals surface area contributed by atoms with E-state index in [1.165, 1.54) is 11.1 Å². The lowest BCUT2D eigenvalue weighted by molar-refractivity contribution is 0.414. The highest BCUT2D eigenvalue weighted by molar-refractivity contribution is 5.64. The van der Waals surface area contributed by atoms with Crippen LogP contribution in [0.4, 0.5) is 0 Å². The molecule has 0 bridgehead atoms. The maximum atomic E-state index is 5.24. The standard InChI is InChI=1S/C16H25NO/c1-13(8-7-11-17-16(2,3)4)14-9-6-10-15(12-14)18-5/h6,8-10,12,17H,7,11H2,1-5H3. The van der Waals surface area contributed by atoms with Gasteiger partial charge < -0.3 is 10.1 Å². The monoisotopic (exact) mass is 247 g/mol. The fourth-order valence-electron chi connectivity index (χ4n) is 1.72. The molecule has 1 rings (SSSR count). The van der Waals surface area contributed by atoms with E-state index in [0.29, 0.717) is 0 Å². The molecule has 2 nitrogen and oxygen atoms in total. The molecule has 0 fully saturated rings. The van der Waals surface area contributed by atoms with Crippen LogP contribution >= 0.6 is 0 Å². The molecule has 0 unspecified atom stereocenters. The molecule has 0 aromatic heterocycles. The minimum absolute atomic E-state index is 0.192. The van der Waals surface area contributed by atoms with Gasteiger partial charge in [-0.3, -0.25) is 0 Å². The third-order valence-electron chi connectivity index (χ3n) is 2.78. The minimum atomic E-state index is 0.192. The summed E-state index contributed by atoms with van der Waals surface area (Å²) in [6, 6.07) is 8.19. The Labute approximate surface area is 111 Å². The van der Waals surface area contributed by atoms with E-state index in [0.717, 1.165) is 18.7 Å². The molecular weight excluding hydrogens is 222 g/mol. The highest BCUT2D eigenvalue weighted by Crippen LogP contribution is 2.19. The number of rotatable bonds is 5. The second kappa shape index (κ2) is 6.60. The average Bonchev–Trinajstić information content (AvgIpc) is 2.33. The highest BCUT2D eigenvalue weighted by Gasteiger charge is 2.06. The van der Waals surface area contributed by atoms with Crippen LogP contribution in [-0.4, -0.2) is 19.2 Å². The fraction of sp³-hybridized carbons (Fsp3) is 0.500. The Kier molecular flexibility index (Phi) is 5.42. The number of nitrogens with one attached hydrogen (secondary N) is 1. The van der Waals surface area contributed by atoms with Crippen LogP contribution in [0.2, 0.25) is 0 Å². The van der Waals surface area contributed by atoms with Crippen LogP contribution in [-0.2, 0) is 0 Å². The lowest BCUT2D eigenvalue weighted by atomic mass is 10.1. The summed E-state index contributed by atoms with van der Waals surface area (Å²) in [6.45, 7) is 9.71. The van der Waals surface area contributed by atoms with Crippen molar-refractivity contribution in [3.8, 4) is 5.75 Å². The van der Waals surface area contributed by atoms with E-state index in [1.54, 1.807) is 7.11 Å². The lowest BCUT2D eigenvalue weighted by Crippen LogP contribution is -2.36. The van der Waals surface area contributed by atoms with Crippen molar-refractivity contribution in [2.24, 2.45) is 0 Å². The summed E-state index contributed by atoms with van der Waals surface area (Å²) in [4.78, 5) is 0. The molecule has 1 aromatic carbocycles. The molecule has 2 heteroatoms. The van der Waals surface area contributed by atoms with E-state index in [2.05, 4.69) is 51.2 Å². The first-order chi connectivity index (χ1) is 8.42. The topological polar surface area (TPSA) is 21.3 Å². The van der Waals surface area contributed by atoms with Crippen LogP contribution < -0.4 is 10.1 Å². The summed E-state index contributed by atoms with van der Waals surface area (Å²) in [7, 11) is 1.70. The van der Waals surface area contributed by atoms with Gasteiger partial charge in [-0.2, -0.15) is 0 Å². The van der Waals surface area contributed by atoms with Crippen LogP contribution in [0.3, 0.4) is 0 Å². The first kappa shape index (κ1) is 14.8. The summed E-state index contributed by atoms with van der Waals surface area (Å²) < 4.78 is 5.24. The van der Waals surface area contributed by atoms with Crippen molar-refractivity contribution >= 4 is 5.57 Å². The summed E-state index contributed by atoms with van der Waals surface area (Å²) >= 11 is 0. The van der Waals surface area contributed by atoms with E-state index in [1.807, 2.05) is 12.1 Å². The number of ether oxygens (including phenoxy) is 1. The minimum Gasteiger partial charge on any atom is -0.497 e. The zero-order valence-electron chi connectivity index (χ0n) is 12.2. The molecule has 0 saturated heterocycles. The van der Waals surface area contributed by atoms with E-state index in [4.69, 9.17) is 4.74 Å². The molecule has 0 saturated carbocycles. The Bertz CT molecular complexity index is 402. The first-order valence-corrected chi connectivity index (χ1v) is 6.48. The number of allylic oxidation sites excluding steroid dienone is 1. The maximum absolute atomic E-state index is 5.24. The molecule has 100 valence electrons. The second-order valence-corrected chi connectivity index (χ2v) is 5.58. The van der Waals surface area contributed by atoms with E-state index in [9.17, 15) is 0 Å². The molecule has 0 amide bonds. The van der Waals surface area contributed by atoms with Crippen molar-refractivity contribution in [2.45, 2.75) is 39.7 Å². The smallest absolute Gasteiger partial charge is 0.119 e. The maximum Gasteiger partial charge on any atom is 0.119 e. The number of methoxy groups -OCH3 is 1. The molecule has 0 aliphatic carbocycles. The molecule has 0 spiro atoms. The summed E-state index contributed by atoms with van der Waals surface area (Å²) in [5, 5.41) is 3.48. The van der Waals surface area contributed by atoms with Crippen molar-refractivity contribution in [2.75, 3.05) is 13.7 Å². The van der Waals surface area contributed by atoms with E-state index >= 15 is 0 Å². The Morgan fingerprint density at radius 2 is 2.06 bits per heavy atom. The Hall–Kier alpha value is -1.28. The number of hydrogen-bond donors (Lipinski definition) is 1. The van der Waals surface area contributed by atoms with E-state index < -0.39 is 0 Å². The van der Waals surface area contributed by atoms with Gasteiger partial charge in [-0.1, -0.05) is 18.2 Å². The zero-order valence-corrected chi connectivity index (χ0v) is 12.2.